The lowest BCUT2D eigenvalue weighted by Crippen LogP contribution is -3.07. The summed E-state index contributed by atoms with van der Waals surface area (Å²) in [6, 6.07) is 15.6. The number of likely N-dealkylation sites (N-methyl/N-ethyl adjacent to an activating group) is 1. The van der Waals surface area contributed by atoms with Crippen molar-refractivity contribution in [2.45, 2.75) is 12.6 Å². The number of quaternary nitrogens is 1. The van der Waals surface area contributed by atoms with Crippen molar-refractivity contribution in [2.75, 3.05) is 46.7 Å². The van der Waals surface area contributed by atoms with Gasteiger partial charge >= 0.3 is 11.8 Å². The van der Waals surface area contributed by atoms with Crippen molar-refractivity contribution in [3.05, 3.63) is 59.7 Å². The van der Waals surface area contributed by atoms with E-state index in [1.165, 1.54) is 4.90 Å². The van der Waals surface area contributed by atoms with Gasteiger partial charge < -0.3 is 25.2 Å². The maximum atomic E-state index is 12.2. The van der Waals surface area contributed by atoms with Crippen LogP contribution in [0.4, 0.5) is 5.69 Å². The minimum atomic E-state index is -0.642. The summed E-state index contributed by atoms with van der Waals surface area (Å²) in [5, 5.41) is 5.40. The van der Waals surface area contributed by atoms with Gasteiger partial charge in [0.2, 0.25) is 0 Å². The van der Waals surface area contributed by atoms with Gasteiger partial charge in [0.1, 0.15) is 11.8 Å². The molecule has 3 N–H and O–H groups in total. The van der Waals surface area contributed by atoms with Gasteiger partial charge in [-0.1, -0.05) is 24.3 Å². The standard InChI is InChI=1S/C22H30N4O3/c1-25(2)18-10-8-17(9-11-18)20(26(3)4)15-24-22(28)21(27)23-14-16-6-12-19(29-5)13-7-16/h6-13,20H,14-15H2,1-5H3,(H,23,27)(H,24,28)/p+1/t20-/m0/s1. The van der Waals surface area contributed by atoms with Crippen molar-refractivity contribution in [1.82, 2.24) is 10.6 Å². The van der Waals surface area contributed by atoms with Gasteiger partial charge in [0, 0.05) is 31.9 Å². The minimum absolute atomic E-state index is 0.0459. The molecule has 0 fully saturated rings. The number of methoxy groups -OCH3 is 1. The van der Waals surface area contributed by atoms with Crippen LogP contribution in [0.2, 0.25) is 0 Å². The van der Waals surface area contributed by atoms with Gasteiger partial charge in [0.25, 0.3) is 0 Å². The molecule has 0 saturated heterocycles. The van der Waals surface area contributed by atoms with Crippen molar-refractivity contribution in [1.29, 1.82) is 0 Å². The van der Waals surface area contributed by atoms with E-state index in [2.05, 4.69) is 34.9 Å². The fourth-order valence-corrected chi connectivity index (χ4v) is 2.94. The minimum Gasteiger partial charge on any atom is -0.497 e. The molecular weight excluding hydrogens is 368 g/mol. The Bertz CT molecular complexity index is 802. The number of hydrogen-bond donors (Lipinski definition) is 3. The maximum absolute atomic E-state index is 12.2. The molecule has 0 aliphatic carbocycles. The molecule has 0 aliphatic rings. The van der Waals surface area contributed by atoms with Crippen molar-refractivity contribution in [3.8, 4) is 5.75 Å². The third-order valence-electron chi connectivity index (χ3n) is 4.79. The predicted octanol–water partition coefficient (Wildman–Crippen LogP) is 0.379. The van der Waals surface area contributed by atoms with E-state index in [0.29, 0.717) is 6.54 Å². The lowest BCUT2D eigenvalue weighted by Gasteiger charge is -2.23. The highest BCUT2D eigenvalue weighted by molar-refractivity contribution is 6.35. The molecule has 0 radical (unpaired) electrons. The SMILES string of the molecule is COc1ccc(CNC(=O)C(=O)NC[C@@H](c2ccc(N(C)C)cc2)[NH+](C)C)cc1. The first-order valence-electron chi connectivity index (χ1n) is 9.58. The summed E-state index contributed by atoms with van der Waals surface area (Å²) in [6.07, 6.45) is 0. The van der Waals surface area contributed by atoms with Crippen LogP contribution in [0.25, 0.3) is 0 Å². The van der Waals surface area contributed by atoms with Crippen molar-refractivity contribution >= 4 is 17.5 Å². The Balaban J connectivity index is 1.89. The fraction of sp³-hybridized carbons (Fsp3) is 0.364. The molecule has 2 aromatic carbocycles. The third kappa shape index (κ3) is 6.50. The Morgan fingerprint density at radius 2 is 1.55 bits per heavy atom. The molecule has 29 heavy (non-hydrogen) atoms. The first kappa shape index (κ1) is 22.2. The molecule has 2 rings (SSSR count). The summed E-state index contributed by atoms with van der Waals surface area (Å²) in [7, 11) is 9.64. The maximum Gasteiger partial charge on any atom is 0.309 e. The van der Waals surface area contributed by atoms with Crippen molar-refractivity contribution < 1.29 is 19.2 Å². The van der Waals surface area contributed by atoms with Crippen molar-refractivity contribution in [2.24, 2.45) is 0 Å². The highest BCUT2D eigenvalue weighted by atomic mass is 16.5. The quantitative estimate of drug-likeness (QED) is 0.561. The van der Waals surface area contributed by atoms with Gasteiger partial charge in [-0.05, 0) is 29.8 Å². The summed E-state index contributed by atoms with van der Waals surface area (Å²) in [4.78, 5) is 27.5. The fourth-order valence-electron chi connectivity index (χ4n) is 2.94. The molecule has 0 spiro atoms. The van der Waals surface area contributed by atoms with Gasteiger partial charge in [-0.2, -0.15) is 0 Å². The first-order chi connectivity index (χ1) is 13.8. The van der Waals surface area contributed by atoms with Gasteiger partial charge in [-0.3, -0.25) is 9.59 Å². The first-order valence-corrected chi connectivity index (χ1v) is 9.58. The van der Waals surface area contributed by atoms with Gasteiger partial charge in [0.05, 0.1) is 27.7 Å². The largest absolute Gasteiger partial charge is 0.497 e. The third-order valence-corrected chi connectivity index (χ3v) is 4.79. The lowest BCUT2D eigenvalue weighted by molar-refractivity contribution is -0.890. The molecule has 0 heterocycles. The molecule has 0 aromatic heterocycles. The van der Waals surface area contributed by atoms with E-state index in [0.717, 1.165) is 22.6 Å². The second-order valence-electron chi connectivity index (χ2n) is 7.36. The predicted molar refractivity (Wildman–Crippen MR) is 114 cm³/mol. The second kappa shape index (κ2) is 10.5. The molecule has 0 bridgehead atoms. The van der Waals surface area contributed by atoms with E-state index >= 15 is 0 Å². The second-order valence-corrected chi connectivity index (χ2v) is 7.36. The van der Waals surface area contributed by atoms with Crippen molar-refractivity contribution in [3.63, 3.8) is 0 Å². The molecule has 0 unspecified atom stereocenters. The van der Waals surface area contributed by atoms with E-state index in [9.17, 15) is 9.59 Å². The van der Waals surface area contributed by atoms with Crippen LogP contribution in [-0.4, -0.2) is 53.7 Å². The van der Waals surface area contributed by atoms with E-state index < -0.39 is 11.8 Å². The number of nitrogens with one attached hydrogen (secondary N) is 3. The number of rotatable bonds is 8. The zero-order valence-corrected chi connectivity index (χ0v) is 17.8. The van der Waals surface area contributed by atoms with Crippen LogP contribution in [0.1, 0.15) is 17.2 Å². The van der Waals surface area contributed by atoms with Crippen LogP contribution in [-0.2, 0) is 16.1 Å². The number of anilines is 1. The Morgan fingerprint density at radius 1 is 0.966 bits per heavy atom. The van der Waals surface area contributed by atoms with Crippen LogP contribution in [0.5, 0.6) is 5.75 Å². The Hall–Kier alpha value is -3.06. The summed E-state index contributed by atoms with van der Waals surface area (Å²) in [5.41, 5.74) is 3.11. The van der Waals surface area contributed by atoms with E-state index in [1.807, 2.05) is 57.4 Å². The number of nitrogens with zero attached hydrogens (tertiary/aromatic N) is 1. The number of carbonyl (C=O) groups excluding carboxylic acids is 2. The highest BCUT2D eigenvalue weighted by Gasteiger charge is 2.21. The monoisotopic (exact) mass is 399 g/mol. The number of hydrogen-bond acceptors (Lipinski definition) is 4. The van der Waals surface area contributed by atoms with Gasteiger partial charge in [-0.15, -0.1) is 0 Å². The molecular formula is C22H31N4O3+. The van der Waals surface area contributed by atoms with Crippen LogP contribution < -0.4 is 25.2 Å². The Labute approximate surface area is 172 Å². The number of benzene rings is 2. The zero-order chi connectivity index (χ0) is 21.4. The molecule has 0 saturated carbocycles. The molecule has 2 amide bonds. The van der Waals surface area contributed by atoms with E-state index in [-0.39, 0.29) is 12.6 Å². The zero-order valence-electron chi connectivity index (χ0n) is 17.8. The Kier molecular flexibility index (Phi) is 8.03. The van der Waals surface area contributed by atoms with Gasteiger partial charge in [-0.25, -0.2) is 0 Å². The molecule has 7 nitrogen and oxygen atoms in total. The summed E-state index contributed by atoms with van der Waals surface area (Å²) < 4.78 is 5.11. The van der Waals surface area contributed by atoms with Gasteiger partial charge in [0.15, 0.2) is 0 Å². The molecule has 0 aliphatic heterocycles. The lowest BCUT2D eigenvalue weighted by atomic mass is 10.1. The number of amides is 2. The number of ether oxygens (including phenoxy) is 1. The molecule has 2 aromatic rings. The average molecular weight is 400 g/mol. The summed E-state index contributed by atoms with van der Waals surface area (Å²) in [6.45, 7) is 0.656. The van der Waals surface area contributed by atoms with Crippen LogP contribution in [0.3, 0.4) is 0 Å². The van der Waals surface area contributed by atoms with Crippen LogP contribution in [0.15, 0.2) is 48.5 Å². The summed E-state index contributed by atoms with van der Waals surface area (Å²) >= 11 is 0. The summed E-state index contributed by atoms with van der Waals surface area (Å²) in [5.74, 6) is -0.528. The van der Waals surface area contributed by atoms with Crippen LogP contribution >= 0.6 is 0 Å². The van der Waals surface area contributed by atoms with Crippen LogP contribution in [0, 0.1) is 0 Å². The molecule has 7 heteroatoms. The topological polar surface area (TPSA) is 75.1 Å². The van der Waals surface area contributed by atoms with E-state index in [4.69, 9.17) is 4.74 Å². The molecule has 156 valence electrons. The average Bonchev–Trinajstić information content (AvgIpc) is 2.72. The highest BCUT2D eigenvalue weighted by Crippen LogP contribution is 2.16. The van der Waals surface area contributed by atoms with E-state index in [1.54, 1.807) is 7.11 Å². The Morgan fingerprint density at radius 3 is 2.07 bits per heavy atom. The molecule has 1 atom stereocenters. The normalized spacial score (nSPS) is 11.7. The smallest absolute Gasteiger partial charge is 0.309 e. The number of carbonyl (C=O) groups is 2.